The minimum absolute atomic E-state index is 0.133. The fourth-order valence-corrected chi connectivity index (χ4v) is 2.50. The summed E-state index contributed by atoms with van der Waals surface area (Å²) in [6, 6.07) is 11.0. The highest BCUT2D eigenvalue weighted by Gasteiger charge is 2.10. The van der Waals surface area contributed by atoms with E-state index in [4.69, 9.17) is 0 Å². The highest BCUT2D eigenvalue weighted by molar-refractivity contribution is 6.08. The maximum atomic E-state index is 12.9. The molecule has 0 N–H and O–H groups in total. The number of rotatable bonds is 3. The topological polar surface area (TPSA) is 44.0 Å². The van der Waals surface area contributed by atoms with Gasteiger partial charge in [0.1, 0.15) is 5.82 Å². The molecule has 0 amide bonds. The Kier molecular flexibility index (Phi) is 3.70. The number of imidazole rings is 1. The van der Waals surface area contributed by atoms with E-state index in [0.717, 1.165) is 11.1 Å². The van der Waals surface area contributed by atoms with Crippen LogP contribution in [0.3, 0.4) is 0 Å². The predicted octanol–water partition coefficient (Wildman–Crippen LogP) is 2.91. The van der Waals surface area contributed by atoms with Gasteiger partial charge in [-0.1, -0.05) is 18.2 Å². The zero-order valence-electron chi connectivity index (χ0n) is 12.8. The highest BCUT2D eigenvalue weighted by Crippen LogP contribution is 2.15. The fourth-order valence-electron chi connectivity index (χ4n) is 2.50. The second kappa shape index (κ2) is 5.68. The third-order valence-corrected chi connectivity index (χ3v) is 3.85. The van der Waals surface area contributed by atoms with E-state index in [0.29, 0.717) is 11.1 Å². The number of benzene rings is 2. The normalized spacial score (nSPS) is 11.4. The quantitative estimate of drug-likeness (QED) is 0.551. The van der Waals surface area contributed by atoms with E-state index in [1.165, 1.54) is 27.3 Å². The van der Waals surface area contributed by atoms with Crippen LogP contribution in [0, 0.1) is 5.82 Å². The molecule has 5 heteroatoms. The number of nitrogens with zero attached hydrogens (tertiary/aromatic N) is 2. The van der Waals surface area contributed by atoms with Gasteiger partial charge in [0.2, 0.25) is 0 Å². The van der Waals surface area contributed by atoms with Crippen LogP contribution in [0.5, 0.6) is 0 Å². The molecule has 3 rings (SSSR count). The summed E-state index contributed by atoms with van der Waals surface area (Å²) < 4.78 is 15.9. The van der Waals surface area contributed by atoms with E-state index in [1.807, 2.05) is 0 Å². The van der Waals surface area contributed by atoms with Gasteiger partial charge in [-0.15, -0.1) is 0 Å². The molecule has 1 aromatic heterocycles. The Morgan fingerprint density at radius 3 is 2.35 bits per heavy atom. The molecule has 0 aliphatic heterocycles. The first kappa shape index (κ1) is 15.0. The molecule has 0 saturated carbocycles. The number of carbonyl (C=O) groups is 1. The Morgan fingerprint density at radius 1 is 1.00 bits per heavy atom. The Hall–Kier alpha value is -2.95. The number of hydrogen-bond acceptors (Lipinski definition) is 2. The molecule has 0 aliphatic rings. The molecule has 2 aromatic carbocycles. The van der Waals surface area contributed by atoms with Crippen molar-refractivity contribution in [1.29, 1.82) is 0 Å². The number of carbonyl (C=O) groups excluding carboxylic acids is 1. The van der Waals surface area contributed by atoms with E-state index in [9.17, 15) is 14.0 Å². The van der Waals surface area contributed by atoms with Crippen molar-refractivity contribution in [2.45, 2.75) is 0 Å². The summed E-state index contributed by atoms with van der Waals surface area (Å²) in [5.41, 5.74) is 2.59. The molecule has 1 heterocycles. The molecule has 0 fully saturated rings. The fraction of sp³-hybridized carbons (Fsp3) is 0.111. The number of ketones is 1. The zero-order chi connectivity index (χ0) is 16.6. The lowest BCUT2D eigenvalue weighted by Crippen LogP contribution is -2.19. The van der Waals surface area contributed by atoms with Crippen molar-refractivity contribution in [3.05, 3.63) is 76.0 Å². The average molecular weight is 310 g/mol. The van der Waals surface area contributed by atoms with E-state index >= 15 is 0 Å². The Balaban J connectivity index is 1.93. The summed E-state index contributed by atoms with van der Waals surface area (Å²) in [6.07, 6.45) is 3.07. The lowest BCUT2D eigenvalue weighted by Gasteiger charge is -1.99. The van der Waals surface area contributed by atoms with Gasteiger partial charge in [-0.2, -0.15) is 0 Å². The van der Waals surface area contributed by atoms with Gasteiger partial charge in [0.15, 0.2) is 5.78 Å². The summed E-state index contributed by atoms with van der Waals surface area (Å²) in [5, 5.41) is 0. The SMILES string of the molecule is Cn1c(=O)n(C)c2cc(C(=O)/C=C/c3ccc(F)cc3)ccc21. The molecule has 116 valence electrons. The maximum absolute atomic E-state index is 12.9. The monoisotopic (exact) mass is 310 g/mol. The zero-order valence-corrected chi connectivity index (χ0v) is 12.8. The van der Waals surface area contributed by atoms with Crippen LogP contribution < -0.4 is 5.69 Å². The van der Waals surface area contributed by atoms with Crippen LogP contribution in [0.1, 0.15) is 15.9 Å². The Morgan fingerprint density at radius 2 is 1.65 bits per heavy atom. The number of fused-ring (bicyclic) bond motifs is 1. The molecule has 0 atom stereocenters. The molecule has 0 aliphatic carbocycles. The van der Waals surface area contributed by atoms with Gasteiger partial charge in [0.25, 0.3) is 0 Å². The average Bonchev–Trinajstić information content (AvgIpc) is 2.78. The second-order valence-corrected chi connectivity index (χ2v) is 5.35. The first-order valence-electron chi connectivity index (χ1n) is 7.11. The van der Waals surface area contributed by atoms with Gasteiger partial charge in [-0.25, -0.2) is 9.18 Å². The van der Waals surface area contributed by atoms with Gasteiger partial charge in [-0.3, -0.25) is 13.9 Å². The van der Waals surface area contributed by atoms with Crippen molar-refractivity contribution in [1.82, 2.24) is 9.13 Å². The number of hydrogen-bond donors (Lipinski definition) is 0. The highest BCUT2D eigenvalue weighted by atomic mass is 19.1. The van der Waals surface area contributed by atoms with Gasteiger partial charge in [-0.05, 0) is 42.0 Å². The summed E-state index contributed by atoms with van der Waals surface area (Å²) >= 11 is 0. The lowest BCUT2D eigenvalue weighted by atomic mass is 10.1. The molecule has 0 bridgehead atoms. The standard InChI is InChI=1S/C18H15FN2O2/c1-20-15-9-6-13(11-16(15)21(2)18(20)23)17(22)10-5-12-3-7-14(19)8-4-12/h3-11H,1-2H3/b10-5+. The first-order valence-corrected chi connectivity index (χ1v) is 7.11. The van der Waals surface area contributed by atoms with Crippen LogP contribution in [0.2, 0.25) is 0 Å². The Bertz CT molecular complexity index is 979. The van der Waals surface area contributed by atoms with Gasteiger partial charge in [0.05, 0.1) is 11.0 Å². The molecule has 0 unspecified atom stereocenters. The summed E-state index contributed by atoms with van der Waals surface area (Å²) in [4.78, 5) is 24.2. The van der Waals surface area contributed by atoms with Crippen LogP contribution in [0.25, 0.3) is 17.1 Å². The van der Waals surface area contributed by atoms with Crippen LogP contribution in [-0.4, -0.2) is 14.9 Å². The Labute approximate surface area is 132 Å². The van der Waals surface area contributed by atoms with Crippen molar-refractivity contribution >= 4 is 22.9 Å². The molecular formula is C18H15FN2O2. The van der Waals surface area contributed by atoms with Crippen molar-refractivity contribution < 1.29 is 9.18 Å². The number of aromatic nitrogens is 2. The molecule has 3 aromatic rings. The summed E-state index contributed by atoms with van der Waals surface area (Å²) in [7, 11) is 3.37. The third kappa shape index (κ3) is 2.73. The smallest absolute Gasteiger partial charge is 0.295 e. The van der Waals surface area contributed by atoms with E-state index in [1.54, 1.807) is 50.5 Å². The summed E-state index contributed by atoms with van der Waals surface area (Å²) in [5.74, 6) is -0.489. The second-order valence-electron chi connectivity index (χ2n) is 5.35. The number of allylic oxidation sites excluding steroid dienone is 1. The van der Waals surface area contributed by atoms with Gasteiger partial charge < -0.3 is 0 Å². The molecule has 0 spiro atoms. The van der Waals surface area contributed by atoms with Crippen LogP contribution in [0.15, 0.2) is 53.3 Å². The van der Waals surface area contributed by atoms with Gasteiger partial charge >= 0.3 is 5.69 Å². The number of aryl methyl sites for hydroxylation is 2. The van der Waals surface area contributed by atoms with Crippen LogP contribution >= 0.6 is 0 Å². The third-order valence-electron chi connectivity index (χ3n) is 3.85. The summed E-state index contributed by atoms with van der Waals surface area (Å²) in [6.45, 7) is 0. The number of halogens is 1. The predicted molar refractivity (Wildman–Crippen MR) is 87.9 cm³/mol. The molecule has 0 radical (unpaired) electrons. The lowest BCUT2D eigenvalue weighted by molar-refractivity contribution is 0.104. The van der Waals surface area contributed by atoms with E-state index in [-0.39, 0.29) is 17.3 Å². The van der Waals surface area contributed by atoms with Crippen LogP contribution in [-0.2, 0) is 14.1 Å². The van der Waals surface area contributed by atoms with Crippen molar-refractivity contribution in [3.8, 4) is 0 Å². The minimum atomic E-state index is -0.316. The first-order chi connectivity index (χ1) is 11.0. The van der Waals surface area contributed by atoms with Crippen LogP contribution in [0.4, 0.5) is 4.39 Å². The van der Waals surface area contributed by atoms with E-state index in [2.05, 4.69) is 0 Å². The van der Waals surface area contributed by atoms with Crippen molar-refractivity contribution in [3.63, 3.8) is 0 Å². The minimum Gasteiger partial charge on any atom is -0.295 e. The maximum Gasteiger partial charge on any atom is 0.328 e. The largest absolute Gasteiger partial charge is 0.328 e. The molecule has 23 heavy (non-hydrogen) atoms. The van der Waals surface area contributed by atoms with E-state index < -0.39 is 0 Å². The van der Waals surface area contributed by atoms with Crippen molar-refractivity contribution in [2.75, 3.05) is 0 Å². The molecule has 0 saturated heterocycles. The van der Waals surface area contributed by atoms with Crippen molar-refractivity contribution in [2.24, 2.45) is 14.1 Å². The molecule has 4 nitrogen and oxygen atoms in total. The molecular weight excluding hydrogens is 295 g/mol. The van der Waals surface area contributed by atoms with Gasteiger partial charge in [0, 0.05) is 19.7 Å².